The van der Waals surface area contributed by atoms with Crippen LogP contribution in [0.3, 0.4) is 0 Å². The van der Waals surface area contributed by atoms with Gasteiger partial charge in [-0.1, -0.05) is 31.4 Å². The van der Waals surface area contributed by atoms with Gasteiger partial charge in [0.2, 0.25) is 0 Å². The SMILES string of the molecule is c1ccc2c(c1)nc(C1CCCCC1)n2CCCN1CCOCC1. The number of para-hydroxylation sites is 2. The number of aromatic nitrogens is 2. The van der Waals surface area contributed by atoms with Crippen molar-refractivity contribution in [3.05, 3.63) is 30.1 Å². The van der Waals surface area contributed by atoms with E-state index in [2.05, 4.69) is 33.7 Å². The molecule has 1 aliphatic heterocycles. The van der Waals surface area contributed by atoms with Gasteiger partial charge >= 0.3 is 0 Å². The molecule has 1 saturated heterocycles. The molecule has 2 heterocycles. The van der Waals surface area contributed by atoms with E-state index < -0.39 is 0 Å². The maximum atomic E-state index is 5.45. The second-order valence-corrected chi connectivity index (χ2v) is 7.25. The second-order valence-electron chi connectivity index (χ2n) is 7.25. The third-order valence-electron chi connectivity index (χ3n) is 5.61. The van der Waals surface area contributed by atoms with E-state index in [1.165, 1.54) is 61.9 Å². The molecule has 2 aromatic rings. The molecule has 0 radical (unpaired) electrons. The minimum absolute atomic E-state index is 0.662. The molecule has 0 bridgehead atoms. The van der Waals surface area contributed by atoms with Gasteiger partial charge in [-0.25, -0.2) is 4.98 Å². The third-order valence-corrected chi connectivity index (χ3v) is 5.61. The van der Waals surface area contributed by atoms with Crippen molar-refractivity contribution in [1.82, 2.24) is 14.5 Å². The summed E-state index contributed by atoms with van der Waals surface area (Å²) < 4.78 is 7.97. The van der Waals surface area contributed by atoms with Crippen molar-refractivity contribution in [2.24, 2.45) is 0 Å². The average molecular weight is 327 g/mol. The van der Waals surface area contributed by atoms with Crippen LogP contribution in [0, 0.1) is 0 Å². The molecule has 4 heteroatoms. The molecule has 1 aromatic carbocycles. The van der Waals surface area contributed by atoms with E-state index in [0.717, 1.165) is 32.8 Å². The highest BCUT2D eigenvalue weighted by Gasteiger charge is 2.22. The minimum atomic E-state index is 0.662. The number of imidazole rings is 1. The highest BCUT2D eigenvalue weighted by atomic mass is 16.5. The topological polar surface area (TPSA) is 30.3 Å². The summed E-state index contributed by atoms with van der Waals surface area (Å²) in [5.41, 5.74) is 2.49. The van der Waals surface area contributed by atoms with E-state index in [9.17, 15) is 0 Å². The quantitative estimate of drug-likeness (QED) is 0.836. The Morgan fingerprint density at radius 1 is 1.00 bits per heavy atom. The normalized spacial score (nSPS) is 20.7. The third kappa shape index (κ3) is 3.50. The van der Waals surface area contributed by atoms with E-state index >= 15 is 0 Å². The summed E-state index contributed by atoms with van der Waals surface area (Å²) in [7, 11) is 0. The van der Waals surface area contributed by atoms with Crippen molar-refractivity contribution < 1.29 is 4.74 Å². The number of aryl methyl sites for hydroxylation is 1. The Kier molecular flexibility index (Phi) is 5.14. The van der Waals surface area contributed by atoms with Crippen LogP contribution in [0.2, 0.25) is 0 Å². The van der Waals surface area contributed by atoms with Gasteiger partial charge in [-0.2, -0.15) is 0 Å². The van der Waals surface area contributed by atoms with Crippen LogP contribution in [-0.2, 0) is 11.3 Å². The largest absolute Gasteiger partial charge is 0.379 e. The molecule has 1 aliphatic carbocycles. The zero-order chi connectivity index (χ0) is 16.2. The molecule has 4 rings (SSSR count). The lowest BCUT2D eigenvalue weighted by Gasteiger charge is -2.27. The van der Waals surface area contributed by atoms with Gasteiger partial charge in [-0.05, 0) is 31.4 Å². The van der Waals surface area contributed by atoms with Crippen molar-refractivity contribution in [1.29, 1.82) is 0 Å². The first-order chi connectivity index (χ1) is 11.9. The van der Waals surface area contributed by atoms with Gasteiger partial charge in [0.1, 0.15) is 5.82 Å². The Bertz CT molecular complexity index is 654. The van der Waals surface area contributed by atoms with Gasteiger partial charge in [0, 0.05) is 32.1 Å². The molecule has 130 valence electrons. The van der Waals surface area contributed by atoms with Crippen LogP contribution in [0.1, 0.15) is 50.3 Å². The summed E-state index contributed by atoms with van der Waals surface area (Å²) in [6.45, 7) is 6.20. The monoisotopic (exact) mass is 327 g/mol. The molecule has 0 amide bonds. The summed E-state index contributed by atoms with van der Waals surface area (Å²) in [5.74, 6) is 2.01. The van der Waals surface area contributed by atoms with Crippen LogP contribution >= 0.6 is 0 Å². The number of morpholine rings is 1. The Morgan fingerprint density at radius 3 is 2.62 bits per heavy atom. The minimum Gasteiger partial charge on any atom is -0.379 e. The summed E-state index contributed by atoms with van der Waals surface area (Å²) >= 11 is 0. The highest BCUT2D eigenvalue weighted by molar-refractivity contribution is 5.76. The molecule has 0 N–H and O–H groups in total. The molecular weight excluding hydrogens is 298 g/mol. The summed E-state index contributed by atoms with van der Waals surface area (Å²) in [6.07, 6.45) is 7.94. The van der Waals surface area contributed by atoms with Crippen LogP contribution in [0.15, 0.2) is 24.3 Å². The summed E-state index contributed by atoms with van der Waals surface area (Å²) in [6, 6.07) is 8.66. The Hall–Kier alpha value is -1.39. The molecule has 2 fully saturated rings. The number of nitrogens with zero attached hydrogens (tertiary/aromatic N) is 3. The summed E-state index contributed by atoms with van der Waals surface area (Å²) in [4.78, 5) is 7.56. The van der Waals surface area contributed by atoms with Crippen molar-refractivity contribution >= 4 is 11.0 Å². The second kappa shape index (κ2) is 7.66. The molecule has 24 heavy (non-hydrogen) atoms. The van der Waals surface area contributed by atoms with Crippen LogP contribution in [0.4, 0.5) is 0 Å². The first-order valence-electron chi connectivity index (χ1n) is 9.67. The Morgan fingerprint density at radius 2 is 1.79 bits per heavy atom. The van der Waals surface area contributed by atoms with Crippen molar-refractivity contribution in [2.45, 2.75) is 51.0 Å². The van der Waals surface area contributed by atoms with Crippen molar-refractivity contribution in [3.8, 4) is 0 Å². The lowest BCUT2D eigenvalue weighted by Crippen LogP contribution is -2.37. The van der Waals surface area contributed by atoms with Gasteiger partial charge in [-0.3, -0.25) is 4.90 Å². The van der Waals surface area contributed by atoms with Crippen LogP contribution in [0.25, 0.3) is 11.0 Å². The Balaban J connectivity index is 1.50. The van der Waals surface area contributed by atoms with Crippen molar-refractivity contribution in [3.63, 3.8) is 0 Å². The molecule has 0 unspecified atom stereocenters. The van der Waals surface area contributed by atoms with E-state index in [-0.39, 0.29) is 0 Å². The molecule has 2 aliphatic rings. The predicted molar refractivity (Wildman–Crippen MR) is 97.4 cm³/mol. The van der Waals surface area contributed by atoms with Crippen molar-refractivity contribution in [2.75, 3.05) is 32.8 Å². The predicted octanol–water partition coefficient (Wildman–Crippen LogP) is 3.81. The maximum absolute atomic E-state index is 5.45. The number of hydrogen-bond acceptors (Lipinski definition) is 3. The van der Waals surface area contributed by atoms with Gasteiger partial charge in [0.05, 0.1) is 24.2 Å². The zero-order valence-electron chi connectivity index (χ0n) is 14.6. The smallest absolute Gasteiger partial charge is 0.112 e. The van der Waals surface area contributed by atoms with E-state index in [1.807, 2.05) is 0 Å². The highest BCUT2D eigenvalue weighted by Crippen LogP contribution is 2.34. The van der Waals surface area contributed by atoms with Gasteiger partial charge in [0.25, 0.3) is 0 Å². The van der Waals surface area contributed by atoms with Crippen LogP contribution in [0.5, 0.6) is 0 Å². The van der Waals surface area contributed by atoms with E-state index in [1.54, 1.807) is 0 Å². The lowest BCUT2D eigenvalue weighted by molar-refractivity contribution is 0.0369. The van der Waals surface area contributed by atoms with Gasteiger partial charge in [-0.15, -0.1) is 0 Å². The zero-order valence-corrected chi connectivity index (χ0v) is 14.6. The number of hydrogen-bond donors (Lipinski definition) is 0. The van der Waals surface area contributed by atoms with Gasteiger partial charge in [0.15, 0.2) is 0 Å². The standard InChI is InChI=1S/C20H29N3O/c1-2-7-17(8-3-1)20-21-18-9-4-5-10-19(18)23(20)12-6-11-22-13-15-24-16-14-22/h4-5,9-10,17H,1-3,6-8,11-16H2. The fraction of sp³-hybridized carbons (Fsp3) is 0.650. The molecule has 0 spiro atoms. The summed E-state index contributed by atoms with van der Waals surface area (Å²) in [5, 5.41) is 0. The Labute approximate surface area is 144 Å². The molecule has 1 saturated carbocycles. The maximum Gasteiger partial charge on any atom is 0.112 e. The fourth-order valence-corrected chi connectivity index (χ4v) is 4.28. The van der Waals surface area contributed by atoms with E-state index in [4.69, 9.17) is 9.72 Å². The number of fused-ring (bicyclic) bond motifs is 1. The molecule has 0 atom stereocenters. The molecule has 1 aromatic heterocycles. The number of benzene rings is 1. The molecule has 4 nitrogen and oxygen atoms in total. The molecular formula is C20H29N3O. The van der Waals surface area contributed by atoms with Gasteiger partial charge < -0.3 is 9.30 Å². The first kappa shape index (κ1) is 16.1. The average Bonchev–Trinajstić information content (AvgIpc) is 3.02. The first-order valence-corrected chi connectivity index (χ1v) is 9.67. The lowest BCUT2D eigenvalue weighted by atomic mass is 9.88. The fourth-order valence-electron chi connectivity index (χ4n) is 4.28. The number of ether oxygens (including phenoxy) is 1. The van der Waals surface area contributed by atoms with E-state index in [0.29, 0.717) is 5.92 Å². The van der Waals surface area contributed by atoms with Crippen LogP contribution < -0.4 is 0 Å². The number of rotatable bonds is 5. The van der Waals surface area contributed by atoms with Crippen LogP contribution in [-0.4, -0.2) is 47.3 Å².